The molecule has 92 valence electrons. The van der Waals surface area contributed by atoms with Crippen LogP contribution >= 0.6 is 0 Å². The highest BCUT2D eigenvalue weighted by atomic mass is 19.1. The number of rotatable bonds is 1. The lowest BCUT2D eigenvalue weighted by molar-refractivity contribution is 0.171. The summed E-state index contributed by atoms with van der Waals surface area (Å²) in [6.07, 6.45) is 0. The quantitative estimate of drug-likeness (QED) is 0.840. The van der Waals surface area contributed by atoms with Crippen LogP contribution in [0.1, 0.15) is 0 Å². The summed E-state index contributed by atoms with van der Waals surface area (Å²) in [5.41, 5.74) is 1.13. The Kier molecular flexibility index (Phi) is 2.55. The Labute approximate surface area is 103 Å². The third-order valence-electron chi connectivity index (χ3n) is 2.81. The van der Waals surface area contributed by atoms with Crippen molar-refractivity contribution in [1.82, 2.24) is 0 Å². The number of phenols is 1. The predicted octanol–water partition coefficient (Wildman–Crippen LogP) is 2.97. The van der Waals surface area contributed by atoms with Crippen molar-refractivity contribution in [1.29, 1.82) is 0 Å². The average Bonchev–Trinajstić information content (AvgIpc) is 2.41. The van der Waals surface area contributed by atoms with Crippen LogP contribution in [0.2, 0.25) is 0 Å². The lowest BCUT2D eigenvalue weighted by atomic mass is 10.0. The molecule has 0 aromatic heterocycles. The summed E-state index contributed by atoms with van der Waals surface area (Å²) in [5.74, 6) is 0.925. The molecule has 18 heavy (non-hydrogen) atoms. The highest BCUT2D eigenvalue weighted by Gasteiger charge is 2.14. The zero-order chi connectivity index (χ0) is 12.5. The molecule has 1 aliphatic heterocycles. The monoisotopic (exact) mass is 246 g/mol. The molecule has 0 fully saturated rings. The number of hydrogen-bond acceptors (Lipinski definition) is 3. The van der Waals surface area contributed by atoms with Crippen LogP contribution in [0.25, 0.3) is 11.1 Å². The standard InChI is InChI=1S/C14H11FO3/c15-10-2-3-12(16)11(8-10)9-1-4-13-14(7-9)18-6-5-17-13/h1-4,7-8,16H,5-6H2. The maximum atomic E-state index is 13.2. The minimum Gasteiger partial charge on any atom is -0.507 e. The van der Waals surface area contributed by atoms with E-state index in [0.29, 0.717) is 35.8 Å². The van der Waals surface area contributed by atoms with Gasteiger partial charge >= 0.3 is 0 Å². The first kappa shape index (κ1) is 10.9. The van der Waals surface area contributed by atoms with Gasteiger partial charge in [0, 0.05) is 5.56 Å². The molecule has 0 radical (unpaired) electrons. The highest BCUT2D eigenvalue weighted by molar-refractivity contribution is 5.72. The molecule has 1 heterocycles. The Bertz CT molecular complexity index is 596. The molecule has 0 bridgehead atoms. The normalized spacial score (nSPS) is 13.4. The van der Waals surface area contributed by atoms with E-state index in [9.17, 15) is 9.50 Å². The van der Waals surface area contributed by atoms with Crippen LogP contribution in [-0.2, 0) is 0 Å². The fourth-order valence-corrected chi connectivity index (χ4v) is 1.95. The van der Waals surface area contributed by atoms with E-state index in [4.69, 9.17) is 9.47 Å². The fourth-order valence-electron chi connectivity index (χ4n) is 1.95. The maximum Gasteiger partial charge on any atom is 0.161 e. The van der Waals surface area contributed by atoms with Gasteiger partial charge in [-0.25, -0.2) is 4.39 Å². The zero-order valence-electron chi connectivity index (χ0n) is 9.52. The lowest BCUT2D eigenvalue weighted by Crippen LogP contribution is -2.15. The molecule has 4 heteroatoms. The van der Waals surface area contributed by atoms with Gasteiger partial charge in [0.05, 0.1) is 0 Å². The van der Waals surface area contributed by atoms with Gasteiger partial charge in [-0.1, -0.05) is 6.07 Å². The summed E-state index contributed by atoms with van der Waals surface area (Å²) in [7, 11) is 0. The maximum absolute atomic E-state index is 13.2. The van der Waals surface area contributed by atoms with Gasteiger partial charge in [-0.15, -0.1) is 0 Å². The Hall–Kier alpha value is -2.23. The second kappa shape index (κ2) is 4.22. The molecule has 3 rings (SSSR count). The molecule has 0 amide bonds. The van der Waals surface area contributed by atoms with Crippen LogP contribution in [0.5, 0.6) is 17.2 Å². The number of ether oxygens (including phenoxy) is 2. The van der Waals surface area contributed by atoms with Crippen molar-refractivity contribution < 1.29 is 19.0 Å². The van der Waals surface area contributed by atoms with Crippen molar-refractivity contribution in [3.05, 3.63) is 42.2 Å². The number of benzene rings is 2. The minimum atomic E-state index is -0.391. The van der Waals surface area contributed by atoms with E-state index in [2.05, 4.69) is 0 Å². The average molecular weight is 246 g/mol. The molecule has 1 aliphatic rings. The van der Waals surface area contributed by atoms with Crippen molar-refractivity contribution in [3.63, 3.8) is 0 Å². The van der Waals surface area contributed by atoms with E-state index in [1.54, 1.807) is 18.2 Å². The van der Waals surface area contributed by atoms with Crippen LogP contribution in [0.4, 0.5) is 4.39 Å². The molecule has 0 unspecified atom stereocenters. The van der Waals surface area contributed by atoms with E-state index in [1.807, 2.05) is 0 Å². The van der Waals surface area contributed by atoms with Crippen LogP contribution in [0.3, 0.4) is 0 Å². The van der Waals surface area contributed by atoms with E-state index < -0.39 is 5.82 Å². The molecule has 2 aromatic rings. The second-order valence-electron chi connectivity index (χ2n) is 4.02. The minimum absolute atomic E-state index is 0.0353. The Morgan fingerprint density at radius 1 is 0.944 bits per heavy atom. The van der Waals surface area contributed by atoms with Gasteiger partial charge in [0.2, 0.25) is 0 Å². The largest absolute Gasteiger partial charge is 0.507 e. The fraction of sp³-hybridized carbons (Fsp3) is 0.143. The van der Waals surface area contributed by atoms with E-state index in [0.717, 1.165) is 0 Å². The highest BCUT2D eigenvalue weighted by Crippen LogP contribution is 2.37. The summed E-state index contributed by atoms with van der Waals surface area (Å²) >= 11 is 0. The van der Waals surface area contributed by atoms with E-state index in [-0.39, 0.29) is 5.75 Å². The number of halogens is 1. The molecule has 2 aromatic carbocycles. The van der Waals surface area contributed by atoms with Crippen molar-refractivity contribution in [2.75, 3.05) is 13.2 Å². The second-order valence-corrected chi connectivity index (χ2v) is 4.02. The molecule has 0 atom stereocenters. The zero-order valence-corrected chi connectivity index (χ0v) is 9.52. The Morgan fingerprint density at radius 3 is 2.56 bits per heavy atom. The number of aromatic hydroxyl groups is 1. The van der Waals surface area contributed by atoms with Crippen LogP contribution in [0.15, 0.2) is 36.4 Å². The van der Waals surface area contributed by atoms with Crippen molar-refractivity contribution >= 4 is 0 Å². The van der Waals surface area contributed by atoms with Crippen LogP contribution < -0.4 is 9.47 Å². The molecular formula is C14H11FO3. The van der Waals surface area contributed by atoms with Gasteiger partial charge < -0.3 is 14.6 Å². The topological polar surface area (TPSA) is 38.7 Å². The molecule has 0 spiro atoms. The lowest BCUT2D eigenvalue weighted by Gasteiger charge is -2.19. The van der Waals surface area contributed by atoms with Gasteiger partial charge in [-0.05, 0) is 35.9 Å². The molecule has 0 saturated heterocycles. The number of hydrogen-bond donors (Lipinski definition) is 1. The summed E-state index contributed by atoms with van der Waals surface area (Å²) in [6.45, 7) is 1.02. The number of fused-ring (bicyclic) bond motifs is 1. The SMILES string of the molecule is Oc1ccc(F)cc1-c1ccc2c(c1)OCCO2. The van der Waals surface area contributed by atoms with Gasteiger partial charge in [0.25, 0.3) is 0 Å². The smallest absolute Gasteiger partial charge is 0.161 e. The van der Waals surface area contributed by atoms with Gasteiger partial charge in [0.1, 0.15) is 24.8 Å². The van der Waals surface area contributed by atoms with Gasteiger partial charge in [0.15, 0.2) is 11.5 Å². The third kappa shape index (κ3) is 1.86. The van der Waals surface area contributed by atoms with Crippen molar-refractivity contribution in [2.24, 2.45) is 0 Å². The van der Waals surface area contributed by atoms with Crippen molar-refractivity contribution in [3.8, 4) is 28.4 Å². The first-order valence-corrected chi connectivity index (χ1v) is 5.62. The Balaban J connectivity index is 2.09. The van der Waals surface area contributed by atoms with Crippen molar-refractivity contribution in [2.45, 2.75) is 0 Å². The van der Waals surface area contributed by atoms with E-state index >= 15 is 0 Å². The summed E-state index contributed by atoms with van der Waals surface area (Å²) in [6, 6.07) is 9.11. The van der Waals surface area contributed by atoms with E-state index in [1.165, 1.54) is 18.2 Å². The van der Waals surface area contributed by atoms with Gasteiger partial charge in [-0.2, -0.15) is 0 Å². The van der Waals surface area contributed by atoms with Gasteiger partial charge in [-0.3, -0.25) is 0 Å². The van der Waals surface area contributed by atoms with Crippen LogP contribution in [0, 0.1) is 5.82 Å². The predicted molar refractivity (Wildman–Crippen MR) is 64.5 cm³/mol. The summed E-state index contributed by atoms with van der Waals surface area (Å²) in [5, 5.41) is 9.75. The Morgan fingerprint density at radius 2 is 1.72 bits per heavy atom. The first-order chi connectivity index (χ1) is 8.74. The third-order valence-corrected chi connectivity index (χ3v) is 2.81. The summed E-state index contributed by atoms with van der Waals surface area (Å²) in [4.78, 5) is 0. The molecule has 1 N–H and O–H groups in total. The molecular weight excluding hydrogens is 235 g/mol. The van der Waals surface area contributed by atoms with Crippen LogP contribution in [-0.4, -0.2) is 18.3 Å². The summed E-state index contributed by atoms with van der Waals surface area (Å²) < 4.78 is 24.1. The molecule has 0 aliphatic carbocycles. The molecule has 3 nitrogen and oxygen atoms in total. The first-order valence-electron chi connectivity index (χ1n) is 5.62. The number of phenolic OH excluding ortho intramolecular Hbond substituents is 1. The molecule has 0 saturated carbocycles.